The highest BCUT2D eigenvalue weighted by Crippen LogP contribution is 2.19. The van der Waals surface area contributed by atoms with Gasteiger partial charge in [0.15, 0.2) is 0 Å². The normalized spacial score (nSPS) is 12.1. The molecule has 5 heteroatoms. The minimum atomic E-state index is -0.115. The zero-order valence-corrected chi connectivity index (χ0v) is 8.94. The standard InChI is InChI=1S/C6H9BrClN3/c1-6(2,3)11-5(8)9-4(7)10-11/h1-3H3. The van der Waals surface area contributed by atoms with Crippen LogP contribution in [0.15, 0.2) is 4.73 Å². The maximum atomic E-state index is 5.79. The van der Waals surface area contributed by atoms with Crippen LogP contribution in [-0.4, -0.2) is 14.8 Å². The van der Waals surface area contributed by atoms with Crippen molar-refractivity contribution < 1.29 is 0 Å². The monoisotopic (exact) mass is 237 g/mol. The Morgan fingerprint density at radius 3 is 2.18 bits per heavy atom. The summed E-state index contributed by atoms with van der Waals surface area (Å²) in [5.41, 5.74) is -0.115. The zero-order chi connectivity index (χ0) is 8.65. The van der Waals surface area contributed by atoms with E-state index in [4.69, 9.17) is 11.6 Å². The number of hydrogen-bond donors (Lipinski definition) is 0. The minimum absolute atomic E-state index is 0.115. The molecule has 0 amide bonds. The van der Waals surface area contributed by atoms with E-state index >= 15 is 0 Å². The quantitative estimate of drug-likeness (QED) is 0.695. The summed E-state index contributed by atoms with van der Waals surface area (Å²) in [6.07, 6.45) is 0. The van der Waals surface area contributed by atoms with Crippen LogP contribution in [0.1, 0.15) is 20.8 Å². The van der Waals surface area contributed by atoms with Gasteiger partial charge in [0, 0.05) is 0 Å². The molecule has 3 nitrogen and oxygen atoms in total. The summed E-state index contributed by atoms with van der Waals surface area (Å²) in [5.74, 6) is 0. The van der Waals surface area contributed by atoms with Crippen LogP contribution in [0.4, 0.5) is 0 Å². The van der Waals surface area contributed by atoms with Gasteiger partial charge in [0.1, 0.15) is 0 Å². The second kappa shape index (κ2) is 2.75. The first-order valence-electron chi connectivity index (χ1n) is 3.20. The van der Waals surface area contributed by atoms with Gasteiger partial charge in [-0.15, -0.1) is 5.10 Å². The zero-order valence-electron chi connectivity index (χ0n) is 6.60. The van der Waals surface area contributed by atoms with Gasteiger partial charge in [0.05, 0.1) is 5.54 Å². The van der Waals surface area contributed by atoms with E-state index in [0.717, 1.165) is 0 Å². The van der Waals surface area contributed by atoms with Gasteiger partial charge in [-0.25, -0.2) is 4.68 Å². The summed E-state index contributed by atoms with van der Waals surface area (Å²) < 4.78 is 2.19. The summed E-state index contributed by atoms with van der Waals surface area (Å²) in [5, 5.41) is 4.48. The van der Waals surface area contributed by atoms with Crippen molar-refractivity contribution >= 4 is 27.5 Å². The lowest BCUT2D eigenvalue weighted by Gasteiger charge is -2.18. The molecule has 0 spiro atoms. The van der Waals surface area contributed by atoms with Crippen molar-refractivity contribution in [1.82, 2.24) is 14.8 Å². The van der Waals surface area contributed by atoms with Crippen molar-refractivity contribution in [3.63, 3.8) is 0 Å². The van der Waals surface area contributed by atoms with E-state index < -0.39 is 0 Å². The van der Waals surface area contributed by atoms with Crippen molar-refractivity contribution in [2.24, 2.45) is 0 Å². The first-order valence-corrected chi connectivity index (χ1v) is 4.37. The Morgan fingerprint density at radius 2 is 2.00 bits per heavy atom. The number of hydrogen-bond acceptors (Lipinski definition) is 2. The van der Waals surface area contributed by atoms with E-state index in [-0.39, 0.29) is 5.54 Å². The average Bonchev–Trinajstić information content (AvgIpc) is 2.08. The van der Waals surface area contributed by atoms with E-state index in [1.807, 2.05) is 20.8 Å². The number of rotatable bonds is 0. The molecule has 1 aromatic heterocycles. The van der Waals surface area contributed by atoms with Gasteiger partial charge in [0.2, 0.25) is 10.0 Å². The number of aromatic nitrogens is 3. The van der Waals surface area contributed by atoms with Crippen LogP contribution in [0.3, 0.4) is 0 Å². The maximum absolute atomic E-state index is 5.79. The predicted molar refractivity (Wildman–Crippen MR) is 47.7 cm³/mol. The van der Waals surface area contributed by atoms with Crippen LogP contribution < -0.4 is 0 Å². The lowest BCUT2D eigenvalue weighted by Crippen LogP contribution is -2.23. The van der Waals surface area contributed by atoms with Crippen molar-refractivity contribution in [3.8, 4) is 0 Å². The third-order valence-electron chi connectivity index (χ3n) is 1.18. The minimum Gasteiger partial charge on any atom is -0.230 e. The van der Waals surface area contributed by atoms with Crippen molar-refractivity contribution in [3.05, 3.63) is 10.0 Å². The highest BCUT2D eigenvalue weighted by molar-refractivity contribution is 9.10. The second-order valence-electron chi connectivity index (χ2n) is 3.23. The van der Waals surface area contributed by atoms with Crippen molar-refractivity contribution in [2.75, 3.05) is 0 Å². The third kappa shape index (κ3) is 1.93. The van der Waals surface area contributed by atoms with Gasteiger partial charge in [-0.1, -0.05) is 0 Å². The molecule has 1 rings (SSSR count). The molecule has 0 aliphatic carbocycles. The largest absolute Gasteiger partial charge is 0.230 e. The summed E-state index contributed by atoms with van der Waals surface area (Å²) in [6, 6.07) is 0. The van der Waals surface area contributed by atoms with Crippen molar-refractivity contribution in [2.45, 2.75) is 26.3 Å². The summed E-state index contributed by atoms with van der Waals surface area (Å²) in [6.45, 7) is 6.04. The Labute approximate surface area is 78.9 Å². The van der Waals surface area contributed by atoms with E-state index in [2.05, 4.69) is 26.0 Å². The van der Waals surface area contributed by atoms with E-state index in [0.29, 0.717) is 10.0 Å². The molecule has 0 atom stereocenters. The van der Waals surface area contributed by atoms with E-state index in [9.17, 15) is 0 Å². The van der Waals surface area contributed by atoms with Gasteiger partial charge in [-0.3, -0.25) is 0 Å². The molecule has 0 saturated carbocycles. The first-order chi connectivity index (χ1) is 4.91. The molecule has 11 heavy (non-hydrogen) atoms. The van der Waals surface area contributed by atoms with Crippen LogP contribution in [0.25, 0.3) is 0 Å². The molecule has 0 fully saturated rings. The first kappa shape index (κ1) is 9.00. The SMILES string of the molecule is CC(C)(C)n1nc(Br)nc1Cl. The summed E-state index contributed by atoms with van der Waals surface area (Å²) >= 11 is 8.94. The van der Waals surface area contributed by atoms with Gasteiger partial charge < -0.3 is 0 Å². The molecule has 1 heterocycles. The molecule has 0 saturated heterocycles. The summed E-state index contributed by atoms with van der Waals surface area (Å²) in [4.78, 5) is 3.91. The van der Waals surface area contributed by atoms with E-state index in [1.54, 1.807) is 4.68 Å². The van der Waals surface area contributed by atoms with E-state index in [1.165, 1.54) is 0 Å². The van der Waals surface area contributed by atoms with Crippen LogP contribution in [-0.2, 0) is 5.54 Å². The molecular weight excluding hydrogens is 229 g/mol. The summed E-state index contributed by atoms with van der Waals surface area (Å²) in [7, 11) is 0. The molecule has 0 aliphatic rings. The van der Waals surface area contributed by atoms with Gasteiger partial charge in [-0.05, 0) is 48.3 Å². The Balaban J connectivity index is 3.13. The topological polar surface area (TPSA) is 30.7 Å². The van der Waals surface area contributed by atoms with Crippen LogP contribution in [0, 0.1) is 0 Å². The molecule has 62 valence electrons. The number of halogens is 2. The Hall–Kier alpha value is -0.0900. The van der Waals surface area contributed by atoms with Gasteiger partial charge >= 0.3 is 0 Å². The molecular formula is C6H9BrClN3. The molecule has 0 aliphatic heterocycles. The molecule has 0 N–H and O–H groups in total. The smallest absolute Gasteiger partial charge is 0.222 e. The predicted octanol–water partition coefficient (Wildman–Crippen LogP) is 2.45. The van der Waals surface area contributed by atoms with Crippen molar-refractivity contribution in [1.29, 1.82) is 0 Å². The second-order valence-corrected chi connectivity index (χ2v) is 4.28. The maximum Gasteiger partial charge on any atom is 0.222 e. The molecule has 0 radical (unpaired) electrons. The van der Waals surface area contributed by atoms with Gasteiger partial charge in [0.25, 0.3) is 0 Å². The third-order valence-corrected chi connectivity index (χ3v) is 1.76. The Morgan fingerprint density at radius 1 is 1.45 bits per heavy atom. The fourth-order valence-electron chi connectivity index (χ4n) is 0.696. The molecule has 0 unspecified atom stereocenters. The van der Waals surface area contributed by atoms with Crippen LogP contribution in [0.5, 0.6) is 0 Å². The van der Waals surface area contributed by atoms with Crippen LogP contribution in [0.2, 0.25) is 5.28 Å². The Bertz CT molecular complexity index is 263. The lowest BCUT2D eigenvalue weighted by molar-refractivity contribution is 0.354. The fraction of sp³-hybridized carbons (Fsp3) is 0.667. The van der Waals surface area contributed by atoms with Crippen LogP contribution >= 0.6 is 27.5 Å². The molecule has 1 aromatic rings. The number of nitrogens with zero attached hydrogens (tertiary/aromatic N) is 3. The lowest BCUT2D eigenvalue weighted by atomic mass is 10.1. The average molecular weight is 239 g/mol. The fourth-order valence-corrected chi connectivity index (χ4v) is 1.50. The Kier molecular flexibility index (Phi) is 2.25. The highest BCUT2D eigenvalue weighted by Gasteiger charge is 2.18. The van der Waals surface area contributed by atoms with Gasteiger partial charge in [-0.2, -0.15) is 4.98 Å². The molecule has 0 bridgehead atoms. The highest BCUT2D eigenvalue weighted by atomic mass is 79.9. The molecule has 0 aromatic carbocycles.